The van der Waals surface area contributed by atoms with Crippen LogP contribution in [0.3, 0.4) is 0 Å². The number of hydrogen-bond donors (Lipinski definition) is 2. The van der Waals surface area contributed by atoms with Gasteiger partial charge in [0, 0.05) is 18.7 Å². The number of amides is 2. The van der Waals surface area contributed by atoms with Crippen LogP contribution in [-0.2, 0) is 9.59 Å². The smallest absolute Gasteiger partial charge is 0.243 e. The normalized spacial score (nSPS) is 19.2. The van der Waals surface area contributed by atoms with Crippen LogP contribution in [0, 0.1) is 5.41 Å². The van der Waals surface area contributed by atoms with E-state index in [9.17, 15) is 9.59 Å². The van der Waals surface area contributed by atoms with Crippen molar-refractivity contribution < 1.29 is 9.59 Å². The zero-order chi connectivity index (χ0) is 15.2. The lowest BCUT2D eigenvalue weighted by atomic mass is 9.91. The Kier molecular flexibility index (Phi) is 6.82. The molecule has 0 aliphatic carbocycles. The molecule has 1 unspecified atom stereocenters. The monoisotopic (exact) mass is 301 g/mol. The highest BCUT2D eigenvalue weighted by Crippen LogP contribution is 2.26. The fourth-order valence-corrected chi connectivity index (χ4v) is 3.24. The molecule has 0 bridgehead atoms. The first-order chi connectivity index (χ1) is 9.35. The van der Waals surface area contributed by atoms with Crippen LogP contribution in [-0.4, -0.2) is 47.5 Å². The molecule has 1 aliphatic heterocycles. The molecule has 1 fully saturated rings. The summed E-state index contributed by atoms with van der Waals surface area (Å²) in [6, 6.07) is -0.312. The summed E-state index contributed by atoms with van der Waals surface area (Å²) in [5.41, 5.74) is 5.37. The van der Waals surface area contributed by atoms with Crippen molar-refractivity contribution in [1.29, 1.82) is 0 Å². The second-order valence-corrected chi connectivity index (χ2v) is 7.40. The quantitative estimate of drug-likeness (QED) is 0.722. The molecular formula is C14H27N3O2S. The zero-order valence-corrected chi connectivity index (χ0v) is 13.6. The molecule has 0 spiro atoms. The summed E-state index contributed by atoms with van der Waals surface area (Å²) in [5.74, 6) is 1.35. The van der Waals surface area contributed by atoms with E-state index in [0.717, 1.165) is 12.8 Å². The van der Waals surface area contributed by atoms with E-state index in [1.807, 2.05) is 20.8 Å². The third-order valence-corrected chi connectivity index (χ3v) is 4.13. The fraction of sp³-hybridized carbons (Fsp3) is 0.857. The van der Waals surface area contributed by atoms with E-state index in [1.54, 1.807) is 16.7 Å². The van der Waals surface area contributed by atoms with Crippen molar-refractivity contribution in [3.05, 3.63) is 0 Å². The van der Waals surface area contributed by atoms with Crippen LogP contribution >= 0.6 is 11.8 Å². The Hall–Kier alpha value is -0.750. The van der Waals surface area contributed by atoms with Gasteiger partial charge in [0.1, 0.15) is 6.04 Å². The fourth-order valence-electron chi connectivity index (χ4n) is 2.06. The molecule has 0 aromatic rings. The Morgan fingerprint density at radius 1 is 1.35 bits per heavy atom. The van der Waals surface area contributed by atoms with Gasteiger partial charge in [0.2, 0.25) is 11.8 Å². The molecule has 0 aromatic heterocycles. The molecule has 0 aromatic carbocycles. The van der Waals surface area contributed by atoms with Crippen LogP contribution in [0.25, 0.3) is 0 Å². The lowest BCUT2D eigenvalue weighted by Gasteiger charge is -2.26. The maximum atomic E-state index is 12.3. The highest BCUT2D eigenvalue weighted by atomic mass is 32.2. The molecule has 1 saturated heterocycles. The second kappa shape index (κ2) is 7.88. The summed E-state index contributed by atoms with van der Waals surface area (Å²) in [7, 11) is 0. The summed E-state index contributed by atoms with van der Waals surface area (Å²) in [6.07, 6.45) is 2.27. The van der Waals surface area contributed by atoms with Crippen molar-refractivity contribution in [2.45, 2.75) is 46.1 Å². The minimum absolute atomic E-state index is 0.0331. The van der Waals surface area contributed by atoms with Crippen LogP contribution < -0.4 is 11.1 Å². The molecule has 1 aliphatic rings. The Balaban J connectivity index is 2.47. The predicted molar refractivity (Wildman–Crippen MR) is 83.3 cm³/mol. The maximum Gasteiger partial charge on any atom is 0.243 e. The zero-order valence-electron chi connectivity index (χ0n) is 12.8. The number of thioether (sulfide) groups is 1. The molecule has 1 atom stereocenters. The summed E-state index contributed by atoms with van der Waals surface area (Å²) in [6.45, 7) is 7.39. The number of nitrogens with two attached hydrogens (primary N) is 1. The lowest BCUT2D eigenvalue weighted by Crippen LogP contribution is -2.48. The van der Waals surface area contributed by atoms with Gasteiger partial charge >= 0.3 is 0 Å². The molecular weight excluding hydrogens is 274 g/mol. The van der Waals surface area contributed by atoms with E-state index < -0.39 is 0 Å². The number of nitrogens with one attached hydrogen (secondary N) is 1. The topological polar surface area (TPSA) is 75.4 Å². The van der Waals surface area contributed by atoms with Crippen molar-refractivity contribution in [1.82, 2.24) is 10.2 Å². The van der Waals surface area contributed by atoms with Crippen molar-refractivity contribution in [3.63, 3.8) is 0 Å². The molecule has 1 heterocycles. The predicted octanol–water partition coefficient (Wildman–Crippen LogP) is 1.18. The third-order valence-electron chi connectivity index (χ3n) is 3.12. The van der Waals surface area contributed by atoms with Gasteiger partial charge in [0.05, 0.1) is 5.88 Å². The van der Waals surface area contributed by atoms with Gasteiger partial charge in [-0.3, -0.25) is 9.59 Å². The van der Waals surface area contributed by atoms with Crippen LogP contribution in [0.1, 0.15) is 40.0 Å². The van der Waals surface area contributed by atoms with Gasteiger partial charge in [-0.2, -0.15) is 0 Å². The van der Waals surface area contributed by atoms with Crippen LogP contribution in [0.4, 0.5) is 0 Å². The number of hydrogen-bond acceptors (Lipinski definition) is 4. The van der Waals surface area contributed by atoms with Crippen LogP contribution in [0.5, 0.6) is 0 Å². The van der Waals surface area contributed by atoms with Crippen LogP contribution in [0.15, 0.2) is 0 Å². The highest BCUT2D eigenvalue weighted by Gasteiger charge is 2.35. The SMILES string of the molecule is CC(C)(C)CC(=O)N1CSCC1C(=O)NCCCCN. The average Bonchev–Trinajstić information content (AvgIpc) is 2.81. The summed E-state index contributed by atoms with van der Waals surface area (Å²) >= 11 is 1.64. The van der Waals surface area contributed by atoms with E-state index in [1.165, 1.54) is 0 Å². The first-order valence-corrected chi connectivity index (χ1v) is 8.35. The molecule has 0 radical (unpaired) electrons. The van der Waals surface area contributed by atoms with E-state index in [-0.39, 0.29) is 23.3 Å². The van der Waals surface area contributed by atoms with Crippen LogP contribution in [0.2, 0.25) is 0 Å². The number of carbonyl (C=O) groups is 2. The largest absolute Gasteiger partial charge is 0.354 e. The van der Waals surface area contributed by atoms with Gasteiger partial charge < -0.3 is 16.0 Å². The standard InChI is InChI=1S/C14H27N3O2S/c1-14(2,3)8-12(18)17-10-20-9-11(17)13(19)16-7-5-4-6-15/h11H,4-10,15H2,1-3H3,(H,16,19). The van der Waals surface area contributed by atoms with Crippen molar-refractivity contribution in [2.75, 3.05) is 24.7 Å². The molecule has 2 amide bonds. The highest BCUT2D eigenvalue weighted by molar-refractivity contribution is 7.99. The molecule has 1 rings (SSSR count). The van der Waals surface area contributed by atoms with Crippen molar-refractivity contribution in [3.8, 4) is 0 Å². The van der Waals surface area contributed by atoms with Gasteiger partial charge in [-0.05, 0) is 24.8 Å². The maximum absolute atomic E-state index is 12.3. The molecule has 5 nitrogen and oxygen atoms in total. The molecule has 20 heavy (non-hydrogen) atoms. The third kappa shape index (κ3) is 5.71. The van der Waals surface area contributed by atoms with E-state index in [2.05, 4.69) is 5.32 Å². The Morgan fingerprint density at radius 2 is 2.05 bits per heavy atom. The van der Waals surface area contributed by atoms with Crippen molar-refractivity contribution in [2.24, 2.45) is 11.1 Å². The minimum Gasteiger partial charge on any atom is -0.354 e. The number of rotatable bonds is 6. The number of unbranched alkanes of at least 4 members (excludes halogenated alkanes) is 1. The van der Waals surface area contributed by atoms with E-state index in [4.69, 9.17) is 5.73 Å². The molecule has 116 valence electrons. The molecule has 3 N–H and O–H groups in total. The molecule has 0 saturated carbocycles. The van der Waals surface area contributed by atoms with Gasteiger partial charge in [-0.15, -0.1) is 11.8 Å². The van der Waals surface area contributed by atoms with Gasteiger partial charge in [-0.25, -0.2) is 0 Å². The Labute approximate surface area is 126 Å². The first kappa shape index (κ1) is 17.3. The summed E-state index contributed by atoms with van der Waals surface area (Å²) in [5, 5.41) is 2.91. The van der Waals surface area contributed by atoms with Gasteiger partial charge in [0.15, 0.2) is 0 Å². The van der Waals surface area contributed by atoms with E-state index >= 15 is 0 Å². The van der Waals surface area contributed by atoms with Crippen molar-refractivity contribution >= 4 is 23.6 Å². The first-order valence-electron chi connectivity index (χ1n) is 7.20. The molecule has 6 heteroatoms. The lowest BCUT2D eigenvalue weighted by molar-refractivity contribution is -0.139. The van der Waals surface area contributed by atoms with Gasteiger partial charge in [-0.1, -0.05) is 20.8 Å². The Bertz CT molecular complexity index is 342. The van der Waals surface area contributed by atoms with E-state index in [0.29, 0.717) is 31.1 Å². The summed E-state index contributed by atoms with van der Waals surface area (Å²) < 4.78 is 0. The average molecular weight is 301 g/mol. The van der Waals surface area contributed by atoms with Gasteiger partial charge in [0.25, 0.3) is 0 Å². The minimum atomic E-state index is -0.312. The number of carbonyl (C=O) groups excluding carboxylic acids is 2. The second-order valence-electron chi connectivity index (χ2n) is 6.40. The Morgan fingerprint density at radius 3 is 2.65 bits per heavy atom. The summed E-state index contributed by atoms with van der Waals surface area (Å²) in [4.78, 5) is 26.1. The number of nitrogens with zero attached hydrogens (tertiary/aromatic N) is 1.